The molecule has 6 heteroatoms. The van der Waals surface area contributed by atoms with Gasteiger partial charge in [0.1, 0.15) is 5.75 Å². The second-order valence-electron chi connectivity index (χ2n) is 5.31. The van der Waals surface area contributed by atoms with Gasteiger partial charge in [-0.1, -0.05) is 30.0 Å². The van der Waals surface area contributed by atoms with Gasteiger partial charge in [-0.3, -0.25) is 0 Å². The van der Waals surface area contributed by atoms with Crippen molar-refractivity contribution in [1.82, 2.24) is 0 Å². The van der Waals surface area contributed by atoms with Crippen LogP contribution in [0.15, 0.2) is 54.1 Å². The van der Waals surface area contributed by atoms with Gasteiger partial charge in [0.25, 0.3) is 0 Å². The summed E-state index contributed by atoms with van der Waals surface area (Å²) in [6, 6.07) is 13.6. The van der Waals surface area contributed by atoms with Crippen LogP contribution >= 0.6 is 0 Å². The van der Waals surface area contributed by atoms with Gasteiger partial charge in [-0.15, -0.1) is 0 Å². The molecular formula is C19H11F3O3. The summed E-state index contributed by atoms with van der Waals surface area (Å²) in [5.74, 6) is 4.12. The first-order valence-electron chi connectivity index (χ1n) is 7.24. The lowest BCUT2D eigenvalue weighted by Crippen LogP contribution is -2.40. The first-order valence-corrected chi connectivity index (χ1v) is 7.24. The number of aliphatic carboxylic acids is 1. The van der Waals surface area contributed by atoms with E-state index in [1.54, 1.807) is 0 Å². The molecule has 0 saturated carbocycles. The Morgan fingerprint density at radius 1 is 1.04 bits per heavy atom. The van der Waals surface area contributed by atoms with Gasteiger partial charge in [0.2, 0.25) is 6.10 Å². The lowest BCUT2D eigenvalue weighted by Gasteiger charge is -2.27. The topological polar surface area (TPSA) is 46.5 Å². The number of halogens is 3. The Kier molecular flexibility index (Phi) is 4.24. The lowest BCUT2D eigenvalue weighted by molar-refractivity contribution is -0.187. The van der Waals surface area contributed by atoms with Crippen LogP contribution in [0.5, 0.6) is 5.75 Å². The van der Waals surface area contributed by atoms with Crippen molar-refractivity contribution >= 4 is 12.0 Å². The summed E-state index contributed by atoms with van der Waals surface area (Å²) in [4.78, 5) is 11.1. The highest BCUT2D eigenvalue weighted by Crippen LogP contribution is 2.37. The minimum atomic E-state index is -4.81. The Labute approximate surface area is 141 Å². The van der Waals surface area contributed by atoms with Gasteiger partial charge in [0.15, 0.2) is 0 Å². The molecular weight excluding hydrogens is 333 g/mol. The van der Waals surface area contributed by atoms with Crippen LogP contribution in [-0.2, 0) is 4.79 Å². The maximum atomic E-state index is 13.0. The van der Waals surface area contributed by atoms with E-state index < -0.39 is 23.8 Å². The van der Waals surface area contributed by atoms with Gasteiger partial charge in [0, 0.05) is 16.7 Å². The summed E-state index contributed by atoms with van der Waals surface area (Å²) in [6.45, 7) is 0. The van der Waals surface area contributed by atoms with Gasteiger partial charge in [-0.25, -0.2) is 4.79 Å². The molecule has 0 fully saturated rings. The van der Waals surface area contributed by atoms with Crippen LogP contribution in [0, 0.1) is 11.8 Å². The molecule has 0 unspecified atom stereocenters. The van der Waals surface area contributed by atoms with Crippen molar-refractivity contribution in [3.8, 4) is 17.6 Å². The van der Waals surface area contributed by atoms with Crippen LogP contribution in [0.3, 0.4) is 0 Å². The van der Waals surface area contributed by atoms with Crippen LogP contribution in [0.1, 0.15) is 16.7 Å². The third-order valence-electron chi connectivity index (χ3n) is 3.52. The number of alkyl halides is 3. The summed E-state index contributed by atoms with van der Waals surface area (Å²) >= 11 is 0. The van der Waals surface area contributed by atoms with Crippen LogP contribution in [0.4, 0.5) is 13.2 Å². The van der Waals surface area contributed by atoms with Crippen molar-refractivity contribution in [2.24, 2.45) is 0 Å². The van der Waals surface area contributed by atoms with Crippen molar-refractivity contribution in [2.75, 3.05) is 0 Å². The average molecular weight is 344 g/mol. The zero-order valence-electron chi connectivity index (χ0n) is 12.7. The number of hydrogen-bond donors (Lipinski definition) is 1. The number of rotatable bonds is 1. The standard InChI is InChI=1S/C19H11F3O3/c20-19(21,22)17-15(18(23)24)11-14-10-13(8-9-16(14)25-17)7-6-12-4-2-1-3-5-12/h1-5,8-11,17H,(H,23,24)/t17-/m0/s1. The fourth-order valence-corrected chi connectivity index (χ4v) is 2.36. The molecule has 0 spiro atoms. The monoisotopic (exact) mass is 344 g/mol. The van der Waals surface area contributed by atoms with E-state index in [0.29, 0.717) is 5.56 Å². The number of carboxylic acid groups (broad SMARTS) is 1. The first kappa shape index (κ1) is 16.7. The summed E-state index contributed by atoms with van der Waals surface area (Å²) < 4.78 is 43.8. The largest absolute Gasteiger partial charge is 0.478 e. The molecule has 25 heavy (non-hydrogen) atoms. The smallest absolute Gasteiger partial charge is 0.430 e. The molecule has 0 amide bonds. The maximum Gasteiger partial charge on any atom is 0.430 e. The minimum absolute atomic E-state index is 0.0300. The summed E-state index contributed by atoms with van der Waals surface area (Å²) in [5.41, 5.74) is 0.721. The highest BCUT2D eigenvalue weighted by molar-refractivity contribution is 5.95. The molecule has 126 valence electrons. The Balaban J connectivity index is 1.97. The van der Waals surface area contributed by atoms with Gasteiger partial charge in [-0.2, -0.15) is 13.2 Å². The van der Waals surface area contributed by atoms with Gasteiger partial charge in [-0.05, 0) is 36.4 Å². The second-order valence-corrected chi connectivity index (χ2v) is 5.31. The zero-order valence-corrected chi connectivity index (χ0v) is 12.7. The molecule has 2 aromatic rings. The molecule has 0 aliphatic carbocycles. The molecule has 3 nitrogen and oxygen atoms in total. The van der Waals surface area contributed by atoms with E-state index in [0.717, 1.165) is 11.6 Å². The molecule has 2 aromatic carbocycles. The molecule has 1 heterocycles. The van der Waals surface area contributed by atoms with Crippen molar-refractivity contribution in [2.45, 2.75) is 12.3 Å². The highest BCUT2D eigenvalue weighted by Gasteiger charge is 2.48. The van der Waals surface area contributed by atoms with Crippen molar-refractivity contribution < 1.29 is 27.8 Å². The molecule has 0 bridgehead atoms. The number of fused-ring (bicyclic) bond motifs is 1. The number of hydrogen-bond acceptors (Lipinski definition) is 2. The lowest BCUT2D eigenvalue weighted by atomic mass is 9.99. The summed E-state index contributed by atoms with van der Waals surface area (Å²) in [6.07, 6.45) is -6.32. The normalized spacial score (nSPS) is 16.0. The summed E-state index contributed by atoms with van der Waals surface area (Å²) in [5, 5.41) is 9.04. The molecule has 0 aromatic heterocycles. The third kappa shape index (κ3) is 3.66. The van der Waals surface area contributed by atoms with E-state index in [1.165, 1.54) is 18.2 Å². The highest BCUT2D eigenvalue weighted by atomic mass is 19.4. The Hall–Kier alpha value is -3.20. The predicted molar refractivity (Wildman–Crippen MR) is 84.9 cm³/mol. The van der Waals surface area contributed by atoms with Crippen molar-refractivity contribution in [1.29, 1.82) is 0 Å². The maximum absolute atomic E-state index is 13.0. The van der Waals surface area contributed by atoms with Gasteiger partial charge >= 0.3 is 12.1 Å². The molecule has 1 aliphatic heterocycles. The zero-order chi connectivity index (χ0) is 18.0. The molecule has 0 saturated heterocycles. The van der Waals surface area contributed by atoms with E-state index >= 15 is 0 Å². The molecule has 3 rings (SSSR count). The third-order valence-corrected chi connectivity index (χ3v) is 3.52. The fraction of sp³-hybridized carbons (Fsp3) is 0.105. The predicted octanol–water partition coefficient (Wildman–Crippen LogP) is 3.88. The van der Waals surface area contributed by atoms with E-state index in [-0.39, 0.29) is 11.3 Å². The van der Waals surface area contributed by atoms with Gasteiger partial charge < -0.3 is 9.84 Å². The minimum Gasteiger partial charge on any atom is -0.478 e. The van der Waals surface area contributed by atoms with Crippen molar-refractivity contribution in [3.05, 3.63) is 70.8 Å². The summed E-state index contributed by atoms with van der Waals surface area (Å²) in [7, 11) is 0. The fourth-order valence-electron chi connectivity index (χ4n) is 2.36. The van der Waals surface area contributed by atoms with E-state index in [4.69, 9.17) is 9.84 Å². The average Bonchev–Trinajstić information content (AvgIpc) is 2.58. The van der Waals surface area contributed by atoms with Crippen LogP contribution in [0.25, 0.3) is 6.08 Å². The van der Waals surface area contributed by atoms with Gasteiger partial charge in [0.05, 0.1) is 5.57 Å². The molecule has 1 atom stereocenters. The van der Waals surface area contributed by atoms with Crippen molar-refractivity contribution in [3.63, 3.8) is 0 Å². The molecule has 1 aliphatic rings. The number of carbonyl (C=O) groups is 1. The van der Waals surface area contributed by atoms with Crippen LogP contribution in [0.2, 0.25) is 0 Å². The Morgan fingerprint density at radius 2 is 1.72 bits per heavy atom. The van der Waals surface area contributed by atoms with E-state index in [2.05, 4.69) is 11.8 Å². The Bertz CT molecular complexity index is 903. The molecule has 0 radical (unpaired) electrons. The van der Waals surface area contributed by atoms with E-state index in [9.17, 15) is 18.0 Å². The van der Waals surface area contributed by atoms with Crippen LogP contribution < -0.4 is 4.74 Å². The van der Waals surface area contributed by atoms with E-state index in [1.807, 2.05) is 30.3 Å². The quantitative estimate of drug-likeness (QED) is 0.799. The first-order chi connectivity index (χ1) is 11.8. The Morgan fingerprint density at radius 3 is 2.36 bits per heavy atom. The second kappa shape index (κ2) is 6.36. The number of benzene rings is 2. The number of carboxylic acids is 1. The van der Waals surface area contributed by atoms with Crippen LogP contribution in [-0.4, -0.2) is 23.4 Å². The number of ether oxygens (including phenoxy) is 1. The SMILES string of the molecule is O=C(O)C1=Cc2cc(C#Cc3ccccc3)ccc2O[C@@H]1C(F)(F)F. The molecule has 1 N–H and O–H groups in total.